The molecule has 3 amide bonds. The standard InChI is InChI=1S/C17H32N4O5S/c1-9(2)13(18)15(23)19-8-12(22)21-14(10(3)4)16(24)20-11(17(25)26)6-7-27-5/h9-11,13-14H,6-8,18H2,1-5H3,(H,19,23)(H,20,24)(H,21,22)(H,25,26). The van der Waals surface area contributed by atoms with Crippen molar-refractivity contribution >= 4 is 35.5 Å². The summed E-state index contributed by atoms with van der Waals surface area (Å²) in [5.74, 6) is -2.46. The van der Waals surface area contributed by atoms with Crippen LogP contribution in [0.5, 0.6) is 0 Å². The molecule has 0 rings (SSSR count). The van der Waals surface area contributed by atoms with E-state index in [9.17, 15) is 24.3 Å². The molecule has 10 heteroatoms. The van der Waals surface area contributed by atoms with E-state index in [-0.39, 0.29) is 24.8 Å². The van der Waals surface area contributed by atoms with E-state index in [0.717, 1.165) is 0 Å². The van der Waals surface area contributed by atoms with Gasteiger partial charge in [-0.15, -0.1) is 0 Å². The summed E-state index contributed by atoms with van der Waals surface area (Å²) in [5.41, 5.74) is 5.70. The molecule has 0 aromatic heterocycles. The minimum atomic E-state index is -1.12. The molecular formula is C17H32N4O5S. The number of carbonyl (C=O) groups excluding carboxylic acids is 3. The van der Waals surface area contributed by atoms with Crippen LogP contribution in [-0.2, 0) is 19.2 Å². The Kier molecular flexibility index (Phi) is 11.7. The first-order chi connectivity index (χ1) is 12.5. The molecule has 0 heterocycles. The number of nitrogens with two attached hydrogens (primary N) is 1. The number of aliphatic carboxylic acids is 1. The van der Waals surface area contributed by atoms with Crippen molar-refractivity contribution in [1.82, 2.24) is 16.0 Å². The van der Waals surface area contributed by atoms with E-state index < -0.39 is 41.8 Å². The summed E-state index contributed by atoms with van der Waals surface area (Å²) in [6, 6.07) is -2.66. The highest BCUT2D eigenvalue weighted by Gasteiger charge is 2.28. The van der Waals surface area contributed by atoms with E-state index in [1.165, 1.54) is 11.8 Å². The van der Waals surface area contributed by atoms with E-state index in [1.807, 2.05) is 6.26 Å². The van der Waals surface area contributed by atoms with Gasteiger partial charge in [-0.1, -0.05) is 27.7 Å². The van der Waals surface area contributed by atoms with Gasteiger partial charge in [0.2, 0.25) is 17.7 Å². The number of carbonyl (C=O) groups is 4. The van der Waals surface area contributed by atoms with Crippen molar-refractivity contribution < 1.29 is 24.3 Å². The van der Waals surface area contributed by atoms with Gasteiger partial charge in [0.05, 0.1) is 12.6 Å². The molecule has 156 valence electrons. The molecule has 0 radical (unpaired) electrons. The highest BCUT2D eigenvalue weighted by molar-refractivity contribution is 7.98. The van der Waals surface area contributed by atoms with Crippen LogP contribution in [0.1, 0.15) is 34.1 Å². The van der Waals surface area contributed by atoms with Crippen molar-refractivity contribution in [3.8, 4) is 0 Å². The average Bonchev–Trinajstić information content (AvgIpc) is 2.59. The van der Waals surface area contributed by atoms with E-state index in [2.05, 4.69) is 16.0 Å². The van der Waals surface area contributed by atoms with E-state index in [0.29, 0.717) is 5.75 Å². The van der Waals surface area contributed by atoms with Gasteiger partial charge in [-0.3, -0.25) is 14.4 Å². The van der Waals surface area contributed by atoms with Gasteiger partial charge in [0.25, 0.3) is 0 Å². The largest absolute Gasteiger partial charge is 0.480 e. The average molecular weight is 405 g/mol. The number of rotatable bonds is 12. The Labute approximate surface area is 164 Å². The van der Waals surface area contributed by atoms with Gasteiger partial charge in [-0.2, -0.15) is 11.8 Å². The van der Waals surface area contributed by atoms with Crippen molar-refractivity contribution in [1.29, 1.82) is 0 Å². The second-order valence-corrected chi connectivity index (χ2v) is 7.94. The summed E-state index contributed by atoms with van der Waals surface area (Å²) in [4.78, 5) is 47.6. The second-order valence-electron chi connectivity index (χ2n) is 6.96. The fourth-order valence-electron chi connectivity index (χ4n) is 2.10. The number of hydrogen-bond donors (Lipinski definition) is 5. The first-order valence-electron chi connectivity index (χ1n) is 8.86. The summed E-state index contributed by atoms with van der Waals surface area (Å²) in [5, 5.41) is 16.6. The number of hydrogen-bond acceptors (Lipinski definition) is 6. The van der Waals surface area contributed by atoms with E-state index in [1.54, 1.807) is 27.7 Å². The summed E-state index contributed by atoms with van der Waals surface area (Å²) in [6.45, 7) is 6.73. The van der Waals surface area contributed by atoms with Crippen LogP contribution in [0.2, 0.25) is 0 Å². The zero-order chi connectivity index (χ0) is 21.1. The minimum Gasteiger partial charge on any atom is -0.480 e. The molecule has 0 saturated carbocycles. The third-order valence-electron chi connectivity index (χ3n) is 3.94. The lowest BCUT2D eigenvalue weighted by atomic mass is 10.0. The molecule has 0 fully saturated rings. The topological polar surface area (TPSA) is 151 Å². The fourth-order valence-corrected chi connectivity index (χ4v) is 2.57. The first-order valence-corrected chi connectivity index (χ1v) is 10.2. The quantitative estimate of drug-likeness (QED) is 0.295. The van der Waals surface area contributed by atoms with Gasteiger partial charge < -0.3 is 26.8 Å². The fraction of sp³-hybridized carbons (Fsp3) is 0.765. The predicted octanol–water partition coefficient (Wildman–Crippen LogP) is -0.451. The number of thioether (sulfide) groups is 1. The molecular weight excluding hydrogens is 372 g/mol. The SMILES string of the molecule is CSCCC(NC(=O)C(NC(=O)CNC(=O)C(N)C(C)C)C(C)C)C(=O)O. The molecule has 0 spiro atoms. The van der Waals surface area contributed by atoms with Gasteiger partial charge >= 0.3 is 5.97 Å². The van der Waals surface area contributed by atoms with E-state index >= 15 is 0 Å². The Hall–Kier alpha value is -1.81. The third-order valence-corrected chi connectivity index (χ3v) is 4.58. The Bertz CT molecular complexity index is 527. The van der Waals surface area contributed by atoms with Gasteiger partial charge in [-0.25, -0.2) is 4.79 Å². The zero-order valence-corrected chi connectivity index (χ0v) is 17.4. The summed E-state index contributed by atoms with van der Waals surface area (Å²) in [7, 11) is 0. The molecule has 0 aliphatic heterocycles. The molecule has 0 aliphatic rings. The molecule has 3 atom stereocenters. The lowest BCUT2D eigenvalue weighted by Gasteiger charge is -2.24. The molecule has 3 unspecified atom stereocenters. The molecule has 0 aromatic rings. The maximum Gasteiger partial charge on any atom is 0.326 e. The van der Waals surface area contributed by atoms with Crippen molar-refractivity contribution in [2.45, 2.75) is 52.2 Å². The third kappa shape index (κ3) is 9.62. The van der Waals surface area contributed by atoms with E-state index in [4.69, 9.17) is 5.73 Å². The number of carboxylic acids is 1. The zero-order valence-electron chi connectivity index (χ0n) is 16.6. The maximum atomic E-state index is 12.4. The van der Waals surface area contributed by atoms with Crippen LogP contribution in [-0.4, -0.2) is 65.5 Å². The number of amides is 3. The molecule has 0 aliphatic carbocycles. The maximum absolute atomic E-state index is 12.4. The highest BCUT2D eigenvalue weighted by atomic mass is 32.2. The van der Waals surface area contributed by atoms with Crippen LogP contribution in [0.25, 0.3) is 0 Å². The highest BCUT2D eigenvalue weighted by Crippen LogP contribution is 2.06. The first kappa shape index (κ1) is 25.2. The van der Waals surface area contributed by atoms with Gasteiger partial charge in [0.1, 0.15) is 12.1 Å². The predicted molar refractivity (Wildman–Crippen MR) is 105 cm³/mol. The Balaban J connectivity index is 4.78. The number of carboxylic acid groups (broad SMARTS) is 1. The summed E-state index contributed by atoms with van der Waals surface area (Å²) >= 11 is 1.48. The minimum absolute atomic E-state index is 0.0727. The van der Waals surface area contributed by atoms with Crippen molar-refractivity contribution in [2.75, 3.05) is 18.6 Å². The Morgan fingerprint density at radius 2 is 1.59 bits per heavy atom. The lowest BCUT2D eigenvalue weighted by molar-refractivity contribution is -0.142. The molecule has 0 bridgehead atoms. The second kappa shape index (κ2) is 12.6. The Morgan fingerprint density at radius 3 is 2.04 bits per heavy atom. The van der Waals surface area contributed by atoms with Crippen molar-refractivity contribution in [3.05, 3.63) is 0 Å². The van der Waals surface area contributed by atoms with Gasteiger partial charge in [0, 0.05) is 0 Å². The van der Waals surface area contributed by atoms with Crippen LogP contribution >= 0.6 is 11.8 Å². The molecule has 0 saturated heterocycles. The molecule has 0 aromatic carbocycles. The smallest absolute Gasteiger partial charge is 0.326 e. The van der Waals surface area contributed by atoms with Gasteiger partial charge in [-0.05, 0) is 30.3 Å². The van der Waals surface area contributed by atoms with Crippen LogP contribution < -0.4 is 21.7 Å². The van der Waals surface area contributed by atoms with Crippen molar-refractivity contribution in [2.24, 2.45) is 17.6 Å². The molecule has 6 N–H and O–H groups in total. The van der Waals surface area contributed by atoms with Gasteiger partial charge in [0.15, 0.2) is 0 Å². The normalized spacial score (nSPS) is 14.4. The van der Waals surface area contributed by atoms with Crippen LogP contribution in [0.15, 0.2) is 0 Å². The molecule has 27 heavy (non-hydrogen) atoms. The van der Waals surface area contributed by atoms with Crippen molar-refractivity contribution in [3.63, 3.8) is 0 Å². The monoisotopic (exact) mass is 404 g/mol. The Morgan fingerprint density at radius 1 is 1.00 bits per heavy atom. The molecule has 9 nitrogen and oxygen atoms in total. The van der Waals surface area contributed by atoms with Crippen LogP contribution in [0.4, 0.5) is 0 Å². The number of nitrogens with one attached hydrogen (secondary N) is 3. The van der Waals surface area contributed by atoms with Crippen LogP contribution in [0.3, 0.4) is 0 Å². The van der Waals surface area contributed by atoms with Crippen LogP contribution in [0, 0.1) is 11.8 Å². The summed E-state index contributed by atoms with van der Waals surface area (Å²) < 4.78 is 0. The summed E-state index contributed by atoms with van der Waals surface area (Å²) in [6.07, 6.45) is 2.13. The lowest BCUT2D eigenvalue weighted by Crippen LogP contribution is -2.55.